The molecule has 0 atom stereocenters. The van der Waals surface area contributed by atoms with E-state index < -0.39 is 0 Å². The van der Waals surface area contributed by atoms with Gasteiger partial charge in [-0.25, -0.2) is 4.68 Å². The molecule has 1 aromatic heterocycles. The fraction of sp³-hybridized carbons (Fsp3) is 0.100. The van der Waals surface area contributed by atoms with Crippen molar-refractivity contribution in [1.82, 2.24) is 9.78 Å². The van der Waals surface area contributed by atoms with Crippen molar-refractivity contribution in [3.8, 4) is 5.69 Å². The summed E-state index contributed by atoms with van der Waals surface area (Å²) in [6, 6.07) is 11.1. The highest BCUT2D eigenvalue weighted by Gasteiger charge is 1.99. The highest BCUT2D eigenvalue weighted by Crippen LogP contribution is 2.02. The molecule has 0 aliphatic heterocycles. The van der Waals surface area contributed by atoms with E-state index in [0.29, 0.717) is 0 Å². The minimum atomic E-state index is -0.0244. The number of H-pyrrole nitrogens is 1. The van der Waals surface area contributed by atoms with Gasteiger partial charge < -0.3 is 0 Å². The molecule has 2 rings (SSSR count). The number of benzene rings is 1. The van der Waals surface area contributed by atoms with Gasteiger partial charge in [-0.1, -0.05) is 18.2 Å². The smallest absolute Gasteiger partial charge is 0.271 e. The van der Waals surface area contributed by atoms with E-state index in [2.05, 4.69) is 5.10 Å². The number of nitrogens with zero attached hydrogens (tertiary/aromatic N) is 1. The third-order valence-electron chi connectivity index (χ3n) is 1.86. The van der Waals surface area contributed by atoms with Crippen molar-refractivity contribution in [3.05, 3.63) is 52.4 Å². The maximum absolute atomic E-state index is 11.4. The van der Waals surface area contributed by atoms with Gasteiger partial charge in [0, 0.05) is 11.8 Å². The third kappa shape index (κ3) is 1.40. The van der Waals surface area contributed by atoms with Crippen molar-refractivity contribution in [2.24, 2.45) is 0 Å². The summed E-state index contributed by atoms with van der Waals surface area (Å²) in [6.45, 7) is 1.86. The van der Waals surface area contributed by atoms with Gasteiger partial charge in [-0.05, 0) is 19.1 Å². The first-order chi connectivity index (χ1) is 6.27. The largest absolute Gasteiger partial charge is 0.295 e. The second-order valence-electron chi connectivity index (χ2n) is 2.95. The number of aromatic nitrogens is 2. The Bertz CT molecular complexity index is 453. The highest BCUT2D eigenvalue weighted by atomic mass is 16.2. The summed E-state index contributed by atoms with van der Waals surface area (Å²) >= 11 is 0. The van der Waals surface area contributed by atoms with E-state index in [4.69, 9.17) is 0 Å². The second kappa shape index (κ2) is 2.94. The Morgan fingerprint density at radius 3 is 2.46 bits per heavy atom. The molecule has 1 heterocycles. The standard InChI is InChI=1S/C10H10N2O/c1-8-7-10(13)12(11-8)9-5-3-2-4-6-9/h2-7,11H,1H3/i11+1,12+1. The third-order valence-corrected chi connectivity index (χ3v) is 1.86. The molecule has 0 aliphatic rings. The maximum atomic E-state index is 11.4. The molecule has 3 nitrogen and oxygen atoms in total. The Hall–Kier alpha value is -1.77. The summed E-state index contributed by atoms with van der Waals surface area (Å²) in [4.78, 5) is 11.4. The predicted octanol–water partition coefficient (Wildman–Crippen LogP) is 1.47. The van der Waals surface area contributed by atoms with Gasteiger partial charge in [0.2, 0.25) is 0 Å². The van der Waals surface area contributed by atoms with Gasteiger partial charge >= 0.3 is 0 Å². The van der Waals surface area contributed by atoms with E-state index >= 15 is 0 Å². The van der Waals surface area contributed by atoms with Gasteiger partial charge in [-0.3, -0.25) is 9.89 Å². The van der Waals surface area contributed by atoms with Crippen LogP contribution in [0.25, 0.3) is 5.69 Å². The zero-order valence-electron chi connectivity index (χ0n) is 7.32. The van der Waals surface area contributed by atoms with E-state index in [-0.39, 0.29) is 5.56 Å². The van der Waals surface area contributed by atoms with Crippen LogP contribution in [0.5, 0.6) is 0 Å². The number of rotatable bonds is 1. The Labute approximate surface area is 75.6 Å². The van der Waals surface area contributed by atoms with Crippen molar-refractivity contribution in [2.75, 3.05) is 0 Å². The van der Waals surface area contributed by atoms with E-state index in [1.165, 1.54) is 4.68 Å². The Balaban J connectivity index is 2.59. The number of aromatic amines is 1. The first kappa shape index (κ1) is 7.86. The van der Waals surface area contributed by atoms with Gasteiger partial charge in [0.1, 0.15) is 0 Å². The molecule has 0 bridgehead atoms. The Morgan fingerprint density at radius 1 is 1.23 bits per heavy atom. The molecular formula is C10H10N2O. The lowest BCUT2D eigenvalue weighted by Crippen LogP contribution is -2.12. The molecule has 3 heteroatoms. The molecule has 0 saturated carbocycles. The lowest BCUT2D eigenvalue weighted by molar-refractivity contribution is 0.835. The predicted molar refractivity (Wildman–Crippen MR) is 51.1 cm³/mol. The van der Waals surface area contributed by atoms with Crippen molar-refractivity contribution < 1.29 is 0 Å². The lowest BCUT2D eigenvalue weighted by atomic mass is 10.3. The molecule has 0 unspecified atom stereocenters. The van der Waals surface area contributed by atoms with Crippen LogP contribution in [0.15, 0.2) is 41.2 Å². The van der Waals surface area contributed by atoms with Gasteiger partial charge in [0.15, 0.2) is 0 Å². The van der Waals surface area contributed by atoms with Crippen LogP contribution < -0.4 is 5.56 Å². The highest BCUT2D eigenvalue weighted by molar-refractivity contribution is 5.30. The van der Waals surface area contributed by atoms with Crippen LogP contribution in [-0.2, 0) is 0 Å². The van der Waals surface area contributed by atoms with Crippen molar-refractivity contribution in [1.29, 1.82) is 0 Å². The number of aryl methyl sites for hydroxylation is 1. The topological polar surface area (TPSA) is 37.8 Å². The number of para-hydroxylation sites is 1. The maximum Gasteiger partial charge on any atom is 0.271 e. The van der Waals surface area contributed by atoms with Crippen LogP contribution in [0.1, 0.15) is 5.69 Å². The number of hydrogen-bond donors (Lipinski definition) is 1. The van der Waals surface area contributed by atoms with Gasteiger partial charge in [0.25, 0.3) is 5.56 Å². The van der Waals surface area contributed by atoms with Crippen molar-refractivity contribution in [3.63, 3.8) is 0 Å². The zero-order valence-corrected chi connectivity index (χ0v) is 7.32. The summed E-state index contributed by atoms with van der Waals surface area (Å²) in [5, 5.41) is 2.96. The SMILES string of the molecule is Cc1cc(=O)[15n](-c2ccccc2)[15nH]1. The van der Waals surface area contributed by atoms with Gasteiger partial charge in [-0.2, -0.15) is 0 Å². The summed E-state index contributed by atoms with van der Waals surface area (Å²) in [5.74, 6) is 0. The lowest BCUT2D eigenvalue weighted by Gasteiger charge is -1.99. The first-order valence-corrected chi connectivity index (χ1v) is 4.11. The first-order valence-electron chi connectivity index (χ1n) is 4.11. The van der Waals surface area contributed by atoms with Crippen LogP contribution in [-0.4, -0.2) is 9.78 Å². The molecule has 66 valence electrons. The van der Waals surface area contributed by atoms with Crippen LogP contribution >= 0.6 is 0 Å². The Morgan fingerprint density at radius 2 is 1.92 bits per heavy atom. The fourth-order valence-electron chi connectivity index (χ4n) is 1.28. The monoisotopic (exact) mass is 176 g/mol. The summed E-state index contributed by atoms with van der Waals surface area (Å²) < 4.78 is 1.52. The molecule has 0 amide bonds. The molecule has 0 radical (unpaired) electrons. The van der Waals surface area contributed by atoms with Crippen LogP contribution in [0.2, 0.25) is 0 Å². The van der Waals surface area contributed by atoms with E-state index in [0.717, 1.165) is 11.4 Å². The Kier molecular flexibility index (Phi) is 1.77. The summed E-state index contributed by atoms with van der Waals surface area (Å²) in [7, 11) is 0. The normalized spacial score (nSPS) is 10.2. The molecule has 1 N–H and O–H groups in total. The van der Waals surface area contributed by atoms with Crippen molar-refractivity contribution in [2.45, 2.75) is 6.92 Å². The minimum absolute atomic E-state index is 0.0244. The number of hydrogen-bond acceptors (Lipinski definition) is 1. The summed E-state index contributed by atoms with van der Waals surface area (Å²) in [6.07, 6.45) is 0. The average molecular weight is 176 g/mol. The zero-order chi connectivity index (χ0) is 9.26. The van der Waals surface area contributed by atoms with Crippen LogP contribution in [0.4, 0.5) is 0 Å². The molecule has 0 spiro atoms. The average Bonchev–Trinajstić information content (AvgIpc) is 2.47. The fourth-order valence-corrected chi connectivity index (χ4v) is 1.28. The number of nitrogens with one attached hydrogen (secondary N) is 1. The van der Waals surface area contributed by atoms with Crippen LogP contribution in [0, 0.1) is 6.92 Å². The van der Waals surface area contributed by atoms with Crippen molar-refractivity contribution >= 4 is 0 Å². The molecule has 0 aliphatic carbocycles. The van der Waals surface area contributed by atoms with E-state index in [1.54, 1.807) is 6.07 Å². The minimum Gasteiger partial charge on any atom is -0.295 e. The molecule has 0 fully saturated rings. The van der Waals surface area contributed by atoms with E-state index in [9.17, 15) is 4.79 Å². The molecule has 0 saturated heterocycles. The molecule has 13 heavy (non-hydrogen) atoms. The van der Waals surface area contributed by atoms with E-state index in [1.807, 2.05) is 37.3 Å². The summed E-state index contributed by atoms with van der Waals surface area (Å²) in [5.41, 5.74) is 1.71. The molecular weight excluding hydrogens is 166 g/mol. The molecule has 2 aromatic rings. The van der Waals surface area contributed by atoms with Gasteiger partial charge in [-0.15, -0.1) is 0 Å². The molecule has 1 aromatic carbocycles. The van der Waals surface area contributed by atoms with Crippen LogP contribution in [0.3, 0.4) is 0 Å². The second-order valence-corrected chi connectivity index (χ2v) is 2.95. The van der Waals surface area contributed by atoms with Gasteiger partial charge in [0.05, 0.1) is 5.69 Å². The quantitative estimate of drug-likeness (QED) is 0.702.